The van der Waals surface area contributed by atoms with E-state index in [2.05, 4.69) is 11.5 Å². The second-order valence-electron chi connectivity index (χ2n) is 5.72. The summed E-state index contributed by atoms with van der Waals surface area (Å²) in [6.45, 7) is 8.45. The lowest BCUT2D eigenvalue weighted by atomic mass is 9.82. The first-order valence-electron chi connectivity index (χ1n) is 6.90. The van der Waals surface area contributed by atoms with Crippen molar-refractivity contribution in [3.05, 3.63) is 12.2 Å². The monoisotopic (exact) mass is 238 g/mol. The van der Waals surface area contributed by atoms with Gasteiger partial charge in [0.05, 0.1) is 13.2 Å². The van der Waals surface area contributed by atoms with Crippen molar-refractivity contribution < 1.29 is 4.74 Å². The fourth-order valence-electron chi connectivity index (χ4n) is 3.30. The normalized spacial score (nSPS) is 33.6. The molecule has 3 nitrogen and oxygen atoms in total. The third-order valence-corrected chi connectivity index (χ3v) is 4.00. The van der Waals surface area contributed by atoms with Crippen LogP contribution < -0.4 is 5.73 Å². The minimum Gasteiger partial charge on any atom is -0.376 e. The number of nitrogens with zero attached hydrogens (tertiary/aromatic N) is 1. The van der Waals surface area contributed by atoms with Crippen molar-refractivity contribution >= 4 is 0 Å². The molecule has 0 amide bonds. The first-order valence-corrected chi connectivity index (χ1v) is 6.90. The van der Waals surface area contributed by atoms with Gasteiger partial charge in [0, 0.05) is 24.7 Å². The van der Waals surface area contributed by atoms with Crippen molar-refractivity contribution in [2.45, 2.75) is 57.2 Å². The van der Waals surface area contributed by atoms with Crippen LogP contribution in [0, 0.1) is 0 Å². The lowest BCUT2D eigenvalue weighted by molar-refractivity contribution is 0.00744. The third kappa shape index (κ3) is 3.54. The van der Waals surface area contributed by atoms with E-state index in [1.807, 2.05) is 6.92 Å². The first-order chi connectivity index (χ1) is 8.16. The highest BCUT2D eigenvalue weighted by molar-refractivity contribution is 4.94. The maximum absolute atomic E-state index is 6.11. The second kappa shape index (κ2) is 5.98. The van der Waals surface area contributed by atoms with E-state index in [1.165, 1.54) is 32.1 Å². The Bertz CT molecular complexity index is 253. The van der Waals surface area contributed by atoms with Gasteiger partial charge >= 0.3 is 0 Å². The van der Waals surface area contributed by atoms with Crippen molar-refractivity contribution in [3.8, 4) is 0 Å². The van der Waals surface area contributed by atoms with Crippen LogP contribution in [-0.4, -0.2) is 42.8 Å². The van der Waals surface area contributed by atoms with Gasteiger partial charge in [0.2, 0.25) is 0 Å². The summed E-state index contributed by atoms with van der Waals surface area (Å²) in [7, 11) is 0. The molecule has 0 aromatic carbocycles. The van der Waals surface area contributed by atoms with E-state index in [4.69, 9.17) is 10.5 Å². The number of ether oxygens (including phenoxy) is 1. The molecular weight excluding hydrogens is 212 g/mol. The zero-order chi connectivity index (χ0) is 12.3. The van der Waals surface area contributed by atoms with Crippen LogP contribution in [0.3, 0.4) is 0 Å². The molecule has 0 radical (unpaired) electrons. The van der Waals surface area contributed by atoms with E-state index in [9.17, 15) is 0 Å². The summed E-state index contributed by atoms with van der Waals surface area (Å²) >= 11 is 0. The summed E-state index contributed by atoms with van der Waals surface area (Å²) in [6.07, 6.45) is 6.38. The summed E-state index contributed by atoms with van der Waals surface area (Å²) in [5, 5.41) is 0. The quantitative estimate of drug-likeness (QED) is 0.587. The number of fused-ring (bicyclic) bond motifs is 2. The van der Waals surface area contributed by atoms with Gasteiger partial charge in [0.15, 0.2) is 0 Å². The van der Waals surface area contributed by atoms with Gasteiger partial charge in [-0.1, -0.05) is 18.6 Å². The molecule has 2 aliphatic heterocycles. The number of hydrogen-bond donors (Lipinski definition) is 1. The van der Waals surface area contributed by atoms with E-state index >= 15 is 0 Å². The first kappa shape index (κ1) is 13.1. The van der Waals surface area contributed by atoms with E-state index in [1.54, 1.807) is 0 Å². The lowest BCUT2D eigenvalue weighted by Gasteiger charge is -2.48. The van der Waals surface area contributed by atoms with E-state index in [0.717, 1.165) is 18.7 Å². The molecule has 2 aliphatic rings. The molecule has 0 aromatic rings. The van der Waals surface area contributed by atoms with Gasteiger partial charge in [-0.2, -0.15) is 0 Å². The van der Waals surface area contributed by atoms with Crippen LogP contribution in [0.1, 0.15) is 39.0 Å². The molecule has 0 spiro atoms. The molecule has 2 fully saturated rings. The fourth-order valence-corrected chi connectivity index (χ4v) is 3.30. The van der Waals surface area contributed by atoms with Crippen molar-refractivity contribution in [2.24, 2.45) is 5.73 Å². The van der Waals surface area contributed by atoms with Crippen LogP contribution >= 0.6 is 0 Å². The summed E-state index contributed by atoms with van der Waals surface area (Å²) < 4.78 is 5.62. The molecule has 2 N–H and O–H groups in total. The topological polar surface area (TPSA) is 38.5 Å². The highest BCUT2D eigenvalue weighted by Crippen LogP contribution is 2.32. The molecular formula is C14H26N2O. The molecule has 2 rings (SSSR count). The van der Waals surface area contributed by atoms with Crippen LogP contribution in [0.2, 0.25) is 0 Å². The molecule has 2 unspecified atom stereocenters. The predicted octanol–water partition coefficient (Wildman–Crippen LogP) is 1.92. The number of nitrogens with two attached hydrogens (primary N) is 1. The van der Waals surface area contributed by atoms with Gasteiger partial charge < -0.3 is 10.5 Å². The Balaban J connectivity index is 1.77. The molecule has 0 aliphatic carbocycles. The lowest BCUT2D eigenvalue weighted by Crippen LogP contribution is -2.56. The highest BCUT2D eigenvalue weighted by atomic mass is 16.5. The summed E-state index contributed by atoms with van der Waals surface area (Å²) in [5.41, 5.74) is 7.21. The SMILES string of the molecule is C=C(C)COCCN1C2CCCC1CC(N)C2. The molecule has 2 saturated heterocycles. The van der Waals surface area contributed by atoms with Gasteiger partial charge in [-0.15, -0.1) is 0 Å². The number of rotatable bonds is 5. The van der Waals surface area contributed by atoms with Crippen molar-refractivity contribution in [3.63, 3.8) is 0 Å². The fraction of sp³-hybridized carbons (Fsp3) is 0.857. The Morgan fingerprint density at radius 3 is 2.59 bits per heavy atom. The van der Waals surface area contributed by atoms with Crippen LogP contribution in [0.15, 0.2) is 12.2 Å². The smallest absolute Gasteiger partial charge is 0.0672 e. The average Bonchev–Trinajstić information content (AvgIpc) is 2.24. The number of hydrogen-bond acceptors (Lipinski definition) is 3. The van der Waals surface area contributed by atoms with Crippen molar-refractivity contribution in [1.29, 1.82) is 0 Å². The molecule has 0 aromatic heterocycles. The Labute approximate surface area is 105 Å². The predicted molar refractivity (Wildman–Crippen MR) is 71.0 cm³/mol. The van der Waals surface area contributed by atoms with E-state index < -0.39 is 0 Å². The Hall–Kier alpha value is -0.380. The standard InChI is InChI=1S/C14H26N2O/c1-11(2)10-17-7-6-16-13-4-3-5-14(16)9-12(15)8-13/h12-14H,1,3-10,15H2,2H3. The van der Waals surface area contributed by atoms with Gasteiger partial charge in [0.1, 0.15) is 0 Å². The van der Waals surface area contributed by atoms with Crippen molar-refractivity contribution in [2.75, 3.05) is 19.8 Å². The Morgan fingerprint density at radius 1 is 1.35 bits per heavy atom. The van der Waals surface area contributed by atoms with Crippen LogP contribution in [-0.2, 0) is 4.74 Å². The van der Waals surface area contributed by atoms with Crippen LogP contribution in [0.25, 0.3) is 0 Å². The molecule has 98 valence electrons. The van der Waals surface area contributed by atoms with E-state index in [-0.39, 0.29) is 0 Å². The van der Waals surface area contributed by atoms with Crippen molar-refractivity contribution in [1.82, 2.24) is 4.90 Å². The van der Waals surface area contributed by atoms with Crippen LogP contribution in [0.5, 0.6) is 0 Å². The maximum Gasteiger partial charge on any atom is 0.0672 e. The molecule has 3 heteroatoms. The van der Waals surface area contributed by atoms with Gasteiger partial charge in [0.25, 0.3) is 0 Å². The average molecular weight is 238 g/mol. The molecule has 2 heterocycles. The highest BCUT2D eigenvalue weighted by Gasteiger charge is 2.36. The van der Waals surface area contributed by atoms with Crippen LogP contribution in [0.4, 0.5) is 0 Å². The Kier molecular flexibility index (Phi) is 4.60. The zero-order valence-electron chi connectivity index (χ0n) is 11.0. The minimum atomic E-state index is 0.429. The molecule has 2 atom stereocenters. The minimum absolute atomic E-state index is 0.429. The number of piperidine rings is 2. The Morgan fingerprint density at radius 2 is 2.00 bits per heavy atom. The van der Waals surface area contributed by atoms with Gasteiger partial charge in [-0.25, -0.2) is 0 Å². The summed E-state index contributed by atoms with van der Waals surface area (Å²) in [4.78, 5) is 2.64. The molecule has 0 saturated carbocycles. The zero-order valence-corrected chi connectivity index (χ0v) is 11.0. The van der Waals surface area contributed by atoms with Gasteiger partial charge in [-0.3, -0.25) is 4.90 Å². The van der Waals surface area contributed by atoms with E-state index in [0.29, 0.717) is 24.7 Å². The summed E-state index contributed by atoms with van der Waals surface area (Å²) in [6, 6.07) is 1.86. The third-order valence-electron chi connectivity index (χ3n) is 4.00. The summed E-state index contributed by atoms with van der Waals surface area (Å²) in [5.74, 6) is 0. The maximum atomic E-state index is 6.11. The second-order valence-corrected chi connectivity index (χ2v) is 5.72. The van der Waals surface area contributed by atoms with Gasteiger partial charge in [-0.05, 0) is 32.6 Å². The molecule has 17 heavy (non-hydrogen) atoms. The molecule has 2 bridgehead atoms. The largest absolute Gasteiger partial charge is 0.376 e.